The molecule has 9 heteroatoms. The molecule has 2 atom stereocenters. The smallest absolute Gasteiger partial charge is 0.407 e. The molecule has 3 aromatic rings. The molecule has 0 aliphatic heterocycles. The van der Waals surface area contributed by atoms with Gasteiger partial charge in [0, 0.05) is 23.8 Å². The Morgan fingerprint density at radius 3 is 2.56 bits per heavy atom. The van der Waals surface area contributed by atoms with Crippen molar-refractivity contribution in [3.8, 4) is 0 Å². The van der Waals surface area contributed by atoms with Crippen molar-refractivity contribution in [3.05, 3.63) is 69.9 Å². The third-order valence-corrected chi connectivity index (χ3v) is 7.68. The van der Waals surface area contributed by atoms with E-state index in [1.54, 1.807) is 30.5 Å². The molecule has 2 unspecified atom stereocenters. The van der Waals surface area contributed by atoms with Crippen molar-refractivity contribution in [2.75, 3.05) is 13.2 Å². The summed E-state index contributed by atoms with van der Waals surface area (Å²) in [6.07, 6.45) is 3.61. The van der Waals surface area contributed by atoms with Gasteiger partial charge in [-0.3, -0.25) is 4.79 Å². The van der Waals surface area contributed by atoms with Crippen LogP contribution in [-0.4, -0.2) is 41.4 Å². The number of aliphatic carboxylic acids is 1. The van der Waals surface area contributed by atoms with Gasteiger partial charge in [-0.1, -0.05) is 44.0 Å². The highest BCUT2D eigenvalue weighted by atomic mass is 79.9. The lowest BCUT2D eigenvalue weighted by Gasteiger charge is -2.27. The number of furan rings is 1. The van der Waals surface area contributed by atoms with Crippen molar-refractivity contribution < 1.29 is 33.8 Å². The molecule has 2 aromatic carbocycles. The number of halogens is 1. The van der Waals surface area contributed by atoms with Crippen molar-refractivity contribution in [1.29, 1.82) is 0 Å². The van der Waals surface area contributed by atoms with Gasteiger partial charge in [-0.05, 0) is 58.1 Å². The van der Waals surface area contributed by atoms with Crippen molar-refractivity contribution in [1.82, 2.24) is 5.32 Å². The Hall–Kier alpha value is -3.33. The minimum atomic E-state index is -1.04. The number of alkyl carbamates (subject to hydrolysis) is 1. The first-order valence-electron chi connectivity index (χ1n) is 11.8. The van der Waals surface area contributed by atoms with Gasteiger partial charge in [0.05, 0.1) is 22.1 Å². The number of nitrogens with one attached hydrogen (secondary N) is 1. The van der Waals surface area contributed by atoms with Crippen LogP contribution in [0.1, 0.15) is 60.0 Å². The Morgan fingerprint density at radius 1 is 1.14 bits per heavy atom. The lowest BCUT2D eigenvalue weighted by Crippen LogP contribution is -2.41. The summed E-state index contributed by atoms with van der Waals surface area (Å²) in [5.74, 6) is -2.63. The predicted octanol–water partition coefficient (Wildman–Crippen LogP) is 6.03. The van der Waals surface area contributed by atoms with E-state index < -0.39 is 29.4 Å². The number of aromatic carboxylic acids is 1. The molecule has 1 amide bonds. The molecule has 1 aromatic heterocycles. The van der Waals surface area contributed by atoms with E-state index >= 15 is 0 Å². The lowest BCUT2D eigenvalue weighted by molar-refractivity contribution is -0.148. The van der Waals surface area contributed by atoms with Crippen LogP contribution in [-0.2, 0) is 9.53 Å². The van der Waals surface area contributed by atoms with Crippen molar-refractivity contribution in [2.24, 2.45) is 11.3 Å². The molecule has 0 radical (unpaired) electrons. The van der Waals surface area contributed by atoms with Gasteiger partial charge in [-0.15, -0.1) is 0 Å². The highest BCUT2D eigenvalue weighted by molar-refractivity contribution is 9.10. The molecule has 4 rings (SSSR count). The van der Waals surface area contributed by atoms with Crippen LogP contribution in [0.4, 0.5) is 4.79 Å². The fraction of sp³-hybridized carbons (Fsp3) is 0.370. The zero-order valence-corrected chi connectivity index (χ0v) is 21.4. The zero-order valence-electron chi connectivity index (χ0n) is 19.8. The van der Waals surface area contributed by atoms with Gasteiger partial charge in [0.15, 0.2) is 0 Å². The van der Waals surface area contributed by atoms with Crippen LogP contribution in [0, 0.1) is 11.3 Å². The first-order valence-corrected chi connectivity index (χ1v) is 12.6. The second-order valence-corrected chi connectivity index (χ2v) is 10.3. The quantitative estimate of drug-likeness (QED) is 0.293. The van der Waals surface area contributed by atoms with E-state index in [0.717, 1.165) is 28.3 Å². The van der Waals surface area contributed by atoms with E-state index in [1.165, 1.54) is 0 Å². The van der Waals surface area contributed by atoms with Gasteiger partial charge < -0.3 is 24.7 Å². The summed E-state index contributed by atoms with van der Waals surface area (Å²) in [7, 11) is 0. The average molecular weight is 558 g/mol. The molecule has 1 saturated carbocycles. The Bertz CT molecular complexity index is 1280. The maximum Gasteiger partial charge on any atom is 0.407 e. The number of benzene rings is 2. The molecule has 0 bridgehead atoms. The highest BCUT2D eigenvalue weighted by Crippen LogP contribution is 2.39. The van der Waals surface area contributed by atoms with E-state index in [4.69, 9.17) is 9.15 Å². The van der Waals surface area contributed by atoms with Gasteiger partial charge in [0.25, 0.3) is 0 Å². The molecule has 1 heterocycles. The number of carbonyl (C=O) groups is 3. The maximum atomic E-state index is 12.5. The third kappa shape index (κ3) is 5.26. The van der Waals surface area contributed by atoms with Gasteiger partial charge >= 0.3 is 18.0 Å². The first-order chi connectivity index (χ1) is 17.2. The summed E-state index contributed by atoms with van der Waals surface area (Å²) in [4.78, 5) is 36.2. The Kier molecular flexibility index (Phi) is 7.68. The molecular formula is C27H28BrNO7. The van der Waals surface area contributed by atoms with Crippen LogP contribution in [0.5, 0.6) is 0 Å². The summed E-state index contributed by atoms with van der Waals surface area (Å²) in [6, 6.07) is 12.5. The number of hydrogen-bond donors (Lipinski definition) is 3. The first kappa shape index (κ1) is 25.8. The summed E-state index contributed by atoms with van der Waals surface area (Å²) >= 11 is 3.48. The second-order valence-electron chi connectivity index (χ2n) is 9.43. The summed E-state index contributed by atoms with van der Waals surface area (Å²) in [5, 5.41) is 22.9. The number of fused-ring (bicyclic) bond motifs is 1. The monoisotopic (exact) mass is 557 g/mol. The summed E-state index contributed by atoms with van der Waals surface area (Å²) in [6.45, 7) is 1.92. The minimum absolute atomic E-state index is 0.00905. The van der Waals surface area contributed by atoms with Crippen LogP contribution in [0.2, 0.25) is 0 Å². The van der Waals surface area contributed by atoms with Crippen LogP contribution in [0.15, 0.2) is 57.6 Å². The fourth-order valence-electron chi connectivity index (χ4n) is 5.10. The van der Waals surface area contributed by atoms with Crippen LogP contribution in [0.25, 0.3) is 11.0 Å². The van der Waals surface area contributed by atoms with Crippen molar-refractivity contribution >= 4 is 44.9 Å². The third-order valence-electron chi connectivity index (χ3n) is 7.07. The fourth-order valence-corrected chi connectivity index (χ4v) is 5.50. The van der Waals surface area contributed by atoms with Crippen molar-refractivity contribution in [2.45, 2.75) is 38.5 Å². The number of ether oxygens (including phenoxy) is 1. The SMILES string of the molecule is CC(COC(=O)NCC1(C(=O)O)CCCC1)C(c1ccc2occ(Br)c2c1)c1ccccc1C(=O)O. The van der Waals surface area contributed by atoms with E-state index in [-0.39, 0.29) is 24.6 Å². The van der Waals surface area contributed by atoms with Gasteiger partial charge in [0.2, 0.25) is 0 Å². The summed E-state index contributed by atoms with van der Waals surface area (Å²) in [5.41, 5.74) is 1.39. The Labute approximate surface area is 216 Å². The van der Waals surface area contributed by atoms with E-state index in [1.807, 2.05) is 25.1 Å². The topological polar surface area (TPSA) is 126 Å². The minimum Gasteiger partial charge on any atom is -0.481 e. The number of amides is 1. The molecule has 36 heavy (non-hydrogen) atoms. The molecule has 1 aliphatic carbocycles. The number of carbonyl (C=O) groups excluding carboxylic acids is 1. The molecular weight excluding hydrogens is 530 g/mol. The van der Waals surface area contributed by atoms with Gasteiger partial charge in [-0.25, -0.2) is 9.59 Å². The second kappa shape index (κ2) is 10.7. The maximum absolute atomic E-state index is 12.5. The molecule has 1 fully saturated rings. The van der Waals surface area contributed by atoms with E-state index in [0.29, 0.717) is 24.0 Å². The predicted molar refractivity (Wildman–Crippen MR) is 136 cm³/mol. The molecule has 0 saturated heterocycles. The van der Waals surface area contributed by atoms with Crippen LogP contribution >= 0.6 is 15.9 Å². The number of carboxylic acid groups (broad SMARTS) is 2. The lowest BCUT2D eigenvalue weighted by atomic mass is 9.79. The molecule has 1 aliphatic rings. The Balaban J connectivity index is 1.55. The normalized spacial score (nSPS) is 16.4. The Morgan fingerprint density at radius 2 is 1.86 bits per heavy atom. The van der Waals surface area contributed by atoms with E-state index in [9.17, 15) is 24.6 Å². The molecule has 8 nitrogen and oxygen atoms in total. The van der Waals surface area contributed by atoms with Gasteiger partial charge in [0.1, 0.15) is 11.8 Å². The van der Waals surface area contributed by atoms with E-state index in [2.05, 4.69) is 21.2 Å². The number of carboxylic acids is 2. The average Bonchev–Trinajstić information content (AvgIpc) is 3.50. The van der Waals surface area contributed by atoms with Gasteiger partial charge in [-0.2, -0.15) is 0 Å². The largest absolute Gasteiger partial charge is 0.481 e. The summed E-state index contributed by atoms with van der Waals surface area (Å²) < 4.78 is 11.8. The van der Waals surface area contributed by atoms with Crippen LogP contribution in [0.3, 0.4) is 0 Å². The number of hydrogen-bond acceptors (Lipinski definition) is 5. The molecule has 3 N–H and O–H groups in total. The van der Waals surface area contributed by atoms with Crippen LogP contribution < -0.4 is 5.32 Å². The molecule has 0 spiro atoms. The van der Waals surface area contributed by atoms with Crippen molar-refractivity contribution in [3.63, 3.8) is 0 Å². The molecule has 190 valence electrons. The standard InChI is InChI=1S/C27H28BrNO7/c1-16(13-36-26(34)29-15-27(25(32)33)10-4-5-11-27)23(18-6-2-3-7-19(18)24(30)31)17-8-9-22-20(12-17)21(28)14-35-22/h2-3,6-9,12,14,16,23H,4-5,10-11,13,15H2,1H3,(H,29,34)(H,30,31)(H,32,33). The highest BCUT2D eigenvalue weighted by Gasteiger charge is 2.41. The zero-order chi connectivity index (χ0) is 25.9. The number of rotatable bonds is 9.